The maximum Gasteiger partial charge on any atom is 0.265 e. The largest absolute Gasteiger partial charge is 0.286 e. The van der Waals surface area contributed by atoms with Gasteiger partial charge in [0, 0.05) is 48.9 Å². The fourth-order valence-electron chi connectivity index (χ4n) is 4.16. The number of rotatable bonds is 9. The van der Waals surface area contributed by atoms with E-state index in [0.717, 1.165) is 25.0 Å². The van der Waals surface area contributed by atoms with Crippen molar-refractivity contribution in [2.45, 2.75) is 51.1 Å². The second-order valence-corrected chi connectivity index (χ2v) is 10.9. The molecule has 1 aliphatic carbocycles. The Morgan fingerprint density at radius 2 is 1.50 bits per heavy atom. The summed E-state index contributed by atoms with van der Waals surface area (Å²) >= 11 is 0. The van der Waals surface area contributed by atoms with Gasteiger partial charge in [-0.2, -0.15) is 16.8 Å². The zero-order valence-electron chi connectivity index (χ0n) is 16.7. The molecule has 2 heterocycles. The Hall–Kier alpha value is -1.88. The van der Waals surface area contributed by atoms with Gasteiger partial charge in [-0.15, -0.1) is 0 Å². The van der Waals surface area contributed by atoms with Crippen LogP contribution in [0, 0.1) is 0 Å². The Morgan fingerprint density at radius 3 is 2.17 bits per heavy atom. The predicted octanol–water partition coefficient (Wildman–Crippen LogP) is 1.09. The van der Waals surface area contributed by atoms with Gasteiger partial charge < -0.3 is 0 Å². The second-order valence-electron chi connectivity index (χ2n) is 7.71. The lowest BCUT2D eigenvalue weighted by Crippen LogP contribution is -2.44. The third kappa shape index (κ3) is 6.56. The zero-order valence-corrected chi connectivity index (χ0v) is 18.4. The second kappa shape index (κ2) is 9.51. The number of hydrogen-bond acceptors (Lipinski definition) is 4. The zero-order chi connectivity index (χ0) is 21.8. The molecule has 0 fully saturated rings. The van der Waals surface area contributed by atoms with Gasteiger partial charge in [0.15, 0.2) is 23.8 Å². The summed E-state index contributed by atoms with van der Waals surface area (Å²) in [6.45, 7) is 1.05. The highest BCUT2D eigenvalue weighted by Crippen LogP contribution is 2.29. The number of aromatic nitrogens is 2. The number of aryl methyl sites for hydroxylation is 2. The van der Waals surface area contributed by atoms with Gasteiger partial charge in [-0.25, -0.2) is 9.13 Å². The van der Waals surface area contributed by atoms with Crippen LogP contribution in [0.25, 0.3) is 0 Å². The number of pyridine rings is 2. The van der Waals surface area contributed by atoms with Crippen LogP contribution in [-0.4, -0.2) is 37.4 Å². The molecule has 0 aliphatic heterocycles. The van der Waals surface area contributed by atoms with E-state index in [2.05, 4.69) is 21.3 Å². The van der Waals surface area contributed by atoms with Crippen molar-refractivity contribution >= 4 is 20.2 Å². The molecule has 0 spiro atoms. The molecule has 0 amide bonds. The molecule has 1 unspecified atom stereocenters. The predicted molar refractivity (Wildman–Crippen MR) is 110 cm³/mol. The fraction of sp³-hybridized carbons (Fsp3) is 0.500. The molecule has 1 aliphatic rings. The topological polar surface area (TPSA) is 117 Å². The van der Waals surface area contributed by atoms with E-state index in [1.807, 2.05) is 30.6 Å². The average molecular weight is 457 g/mol. The summed E-state index contributed by atoms with van der Waals surface area (Å²) in [5, 5.41) is 0. The van der Waals surface area contributed by atoms with Crippen molar-refractivity contribution < 1.29 is 35.1 Å². The van der Waals surface area contributed by atoms with Crippen LogP contribution in [-0.2, 0) is 46.2 Å². The highest BCUT2D eigenvalue weighted by atomic mass is 32.2. The van der Waals surface area contributed by atoms with E-state index in [4.69, 9.17) is 9.11 Å². The molecule has 10 heteroatoms. The van der Waals surface area contributed by atoms with Crippen LogP contribution in [0.2, 0.25) is 0 Å². The Labute approximate surface area is 177 Å². The first-order valence-electron chi connectivity index (χ1n) is 10.0. The highest BCUT2D eigenvalue weighted by Gasteiger charge is 2.31. The minimum absolute atomic E-state index is 0.250. The summed E-state index contributed by atoms with van der Waals surface area (Å²) < 4.78 is 66.0. The first kappa shape index (κ1) is 22.8. The molecular formula is C20H28N2O6S2+2. The summed E-state index contributed by atoms with van der Waals surface area (Å²) in [6.07, 6.45) is 7.21. The molecule has 0 bridgehead atoms. The van der Waals surface area contributed by atoms with Crippen molar-refractivity contribution in [2.75, 3.05) is 11.5 Å². The van der Waals surface area contributed by atoms with Gasteiger partial charge >= 0.3 is 0 Å². The molecule has 30 heavy (non-hydrogen) atoms. The standard InChI is InChI=1S/C20H26N2O6S2/c23-29(24,25)14-4-12-21-10-2-1-7-19(21)18-8-9-20-17(16-18)6-3-11-22(20)13-5-15-30(26,27)28/h1-3,6-7,10-11,18H,4-5,8-9,12-16H2/p+2. The normalized spacial score (nSPS) is 16.9. The molecule has 164 valence electrons. The van der Waals surface area contributed by atoms with Crippen molar-refractivity contribution in [3.63, 3.8) is 0 Å². The summed E-state index contributed by atoms with van der Waals surface area (Å²) in [4.78, 5) is 0. The summed E-state index contributed by atoms with van der Waals surface area (Å²) in [5.41, 5.74) is 3.55. The van der Waals surface area contributed by atoms with Gasteiger partial charge in [-0.05, 0) is 18.9 Å². The van der Waals surface area contributed by atoms with E-state index in [-0.39, 0.29) is 17.4 Å². The lowest BCUT2D eigenvalue weighted by molar-refractivity contribution is -0.707. The van der Waals surface area contributed by atoms with Crippen LogP contribution in [0.5, 0.6) is 0 Å². The number of hydrogen-bond donors (Lipinski definition) is 2. The van der Waals surface area contributed by atoms with Gasteiger partial charge in [0.05, 0.1) is 11.5 Å². The van der Waals surface area contributed by atoms with Crippen LogP contribution in [0.3, 0.4) is 0 Å². The van der Waals surface area contributed by atoms with Crippen LogP contribution in [0.1, 0.15) is 42.1 Å². The molecule has 0 aromatic carbocycles. The maximum atomic E-state index is 11.0. The van der Waals surface area contributed by atoms with E-state index in [0.29, 0.717) is 25.9 Å². The van der Waals surface area contributed by atoms with Crippen molar-refractivity contribution in [3.8, 4) is 0 Å². The molecule has 1 atom stereocenters. The van der Waals surface area contributed by atoms with E-state index >= 15 is 0 Å². The monoisotopic (exact) mass is 456 g/mol. The minimum Gasteiger partial charge on any atom is -0.286 e. The first-order chi connectivity index (χ1) is 14.1. The highest BCUT2D eigenvalue weighted by molar-refractivity contribution is 7.86. The first-order valence-corrected chi connectivity index (χ1v) is 13.2. The third-order valence-corrected chi connectivity index (χ3v) is 7.08. The lowest BCUT2D eigenvalue weighted by Gasteiger charge is -2.22. The van der Waals surface area contributed by atoms with Gasteiger partial charge in [0.2, 0.25) is 0 Å². The Balaban J connectivity index is 1.72. The third-order valence-electron chi connectivity index (χ3n) is 5.47. The molecule has 0 saturated heterocycles. The lowest BCUT2D eigenvalue weighted by atomic mass is 9.84. The molecular weight excluding hydrogens is 428 g/mol. The number of fused-ring (bicyclic) bond motifs is 1. The summed E-state index contributed by atoms with van der Waals surface area (Å²) in [7, 11) is -7.91. The number of nitrogens with zero attached hydrogens (tertiary/aromatic N) is 2. The van der Waals surface area contributed by atoms with Crippen LogP contribution in [0.4, 0.5) is 0 Å². The van der Waals surface area contributed by atoms with Gasteiger partial charge in [0.1, 0.15) is 13.1 Å². The fourth-order valence-corrected chi connectivity index (χ4v) is 5.15. The van der Waals surface area contributed by atoms with Gasteiger partial charge in [-0.1, -0.05) is 6.07 Å². The van der Waals surface area contributed by atoms with Crippen molar-refractivity contribution in [3.05, 3.63) is 59.7 Å². The Bertz CT molecular complexity index is 1100. The summed E-state index contributed by atoms with van der Waals surface area (Å²) in [6, 6.07) is 10.00. The van der Waals surface area contributed by atoms with E-state index in [1.165, 1.54) is 11.3 Å². The van der Waals surface area contributed by atoms with Crippen molar-refractivity contribution in [1.29, 1.82) is 0 Å². The SMILES string of the molecule is O=S(=O)(O)CCC[n+]1ccccc1C1CCc2c(ccc[n+]2CCCS(=O)(=O)O)C1. The van der Waals surface area contributed by atoms with E-state index < -0.39 is 20.2 Å². The van der Waals surface area contributed by atoms with E-state index in [1.54, 1.807) is 0 Å². The molecule has 0 saturated carbocycles. The Morgan fingerprint density at radius 1 is 0.867 bits per heavy atom. The molecule has 2 N–H and O–H groups in total. The van der Waals surface area contributed by atoms with Gasteiger partial charge in [0.25, 0.3) is 20.2 Å². The Kier molecular flexibility index (Phi) is 7.22. The molecule has 3 rings (SSSR count). The van der Waals surface area contributed by atoms with Crippen molar-refractivity contribution in [2.24, 2.45) is 0 Å². The van der Waals surface area contributed by atoms with Crippen LogP contribution >= 0.6 is 0 Å². The average Bonchev–Trinajstić information content (AvgIpc) is 2.66. The molecule has 2 aromatic heterocycles. The van der Waals surface area contributed by atoms with Crippen molar-refractivity contribution in [1.82, 2.24) is 0 Å². The summed E-state index contributed by atoms with van der Waals surface area (Å²) in [5.74, 6) is -0.219. The smallest absolute Gasteiger partial charge is 0.265 e. The molecule has 8 nitrogen and oxygen atoms in total. The van der Waals surface area contributed by atoms with Gasteiger partial charge in [-0.3, -0.25) is 9.11 Å². The van der Waals surface area contributed by atoms with Crippen LogP contribution in [0.15, 0.2) is 42.7 Å². The molecule has 2 aromatic rings. The molecule has 0 radical (unpaired) electrons. The minimum atomic E-state index is -3.96. The maximum absolute atomic E-state index is 11.0. The van der Waals surface area contributed by atoms with Crippen LogP contribution < -0.4 is 9.13 Å². The quantitative estimate of drug-likeness (QED) is 0.431. The van der Waals surface area contributed by atoms with E-state index in [9.17, 15) is 16.8 Å².